The number of unbranched alkanes of at least 4 members (excludes halogenated alkanes) is 1. The molecule has 0 aromatic heterocycles. The first-order valence-corrected chi connectivity index (χ1v) is 7.62. The number of rotatable bonds is 5. The van der Waals surface area contributed by atoms with E-state index in [1.807, 2.05) is 0 Å². The molecule has 1 aliphatic rings. The topological polar surface area (TPSA) is 3.24 Å². The van der Waals surface area contributed by atoms with Crippen molar-refractivity contribution in [3.8, 4) is 0 Å². The standard InChI is InChI=1S/C17H27N/c1-3-4-8-17(18-13-6-5-7-14-18)16-11-9-15(2)10-12-16/h9-12,17H,3-8,13-14H2,1-2H3. The number of aryl methyl sites for hydroxylation is 1. The van der Waals surface area contributed by atoms with Gasteiger partial charge in [-0.1, -0.05) is 56.0 Å². The van der Waals surface area contributed by atoms with Crippen molar-refractivity contribution in [2.75, 3.05) is 13.1 Å². The molecule has 1 aliphatic heterocycles. The lowest BCUT2D eigenvalue weighted by Crippen LogP contribution is -2.33. The summed E-state index contributed by atoms with van der Waals surface area (Å²) >= 11 is 0. The van der Waals surface area contributed by atoms with E-state index in [-0.39, 0.29) is 0 Å². The number of likely N-dealkylation sites (tertiary alicyclic amines) is 1. The SMILES string of the molecule is CCCCC(c1ccc(C)cc1)N1CCCCC1. The molecule has 1 nitrogen and oxygen atoms in total. The van der Waals surface area contributed by atoms with Crippen LogP contribution < -0.4 is 0 Å². The Morgan fingerprint density at radius 2 is 1.72 bits per heavy atom. The second-order valence-corrected chi connectivity index (χ2v) is 5.67. The highest BCUT2D eigenvalue weighted by atomic mass is 15.2. The average Bonchev–Trinajstić information content (AvgIpc) is 2.42. The van der Waals surface area contributed by atoms with Crippen LogP contribution in [0.4, 0.5) is 0 Å². The summed E-state index contributed by atoms with van der Waals surface area (Å²) in [6, 6.07) is 9.86. The van der Waals surface area contributed by atoms with Gasteiger partial charge in [-0.25, -0.2) is 0 Å². The monoisotopic (exact) mass is 245 g/mol. The second kappa shape index (κ2) is 6.94. The fourth-order valence-electron chi connectivity index (χ4n) is 2.98. The Labute approximate surface area is 112 Å². The van der Waals surface area contributed by atoms with E-state index in [1.165, 1.54) is 62.7 Å². The normalized spacial score (nSPS) is 18.8. The van der Waals surface area contributed by atoms with E-state index in [2.05, 4.69) is 43.0 Å². The Bertz CT molecular complexity index is 335. The van der Waals surface area contributed by atoms with Gasteiger partial charge in [0.25, 0.3) is 0 Å². The van der Waals surface area contributed by atoms with Crippen LogP contribution in [0.25, 0.3) is 0 Å². The first-order chi connectivity index (χ1) is 8.81. The number of benzene rings is 1. The lowest BCUT2D eigenvalue weighted by Gasteiger charge is -2.35. The Morgan fingerprint density at radius 3 is 2.33 bits per heavy atom. The first kappa shape index (κ1) is 13.6. The molecule has 1 unspecified atom stereocenters. The van der Waals surface area contributed by atoms with Crippen LogP contribution in [0.15, 0.2) is 24.3 Å². The smallest absolute Gasteiger partial charge is 0.0348 e. The third-order valence-corrected chi connectivity index (χ3v) is 4.12. The van der Waals surface area contributed by atoms with Gasteiger partial charge in [0.1, 0.15) is 0 Å². The maximum atomic E-state index is 2.71. The van der Waals surface area contributed by atoms with Gasteiger partial charge >= 0.3 is 0 Å². The summed E-state index contributed by atoms with van der Waals surface area (Å²) in [6.45, 7) is 7.05. The number of hydrogen-bond donors (Lipinski definition) is 0. The minimum absolute atomic E-state index is 0.658. The fourth-order valence-corrected chi connectivity index (χ4v) is 2.98. The molecule has 0 spiro atoms. The Balaban J connectivity index is 2.10. The van der Waals surface area contributed by atoms with E-state index < -0.39 is 0 Å². The van der Waals surface area contributed by atoms with Crippen molar-refractivity contribution in [2.45, 2.75) is 58.4 Å². The highest BCUT2D eigenvalue weighted by Gasteiger charge is 2.21. The van der Waals surface area contributed by atoms with Crippen molar-refractivity contribution in [3.63, 3.8) is 0 Å². The minimum Gasteiger partial charge on any atom is -0.296 e. The first-order valence-electron chi connectivity index (χ1n) is 7.62. The van der Waals surface area contributed by atoms with E-state index >= 15 is 0 Å². The van der Waals surface area contributed by atoms with E-state index in [0.717, 1.165) is 0 Å². The van der Waals surface area contributed by atoms with Crippen LogP contribution in [0.3, 0.4) is 0 Å². The zero-order valence-electron chi connectivity index (χ0n) is 12.0. The van der Waals surface area contributed by atoms with Gasteiger partial charge in [-0.3, -0.25) is 4.90 Å². The Hall–Kier alpha value is -0.820. The molecule has 1 saturated heterocycles. The van der Waals surface area contributed by atoms with Crippen LogP contribution in [0, 0.1) is 6.92 Å². The van der Waals surface area contributed by atoms with Crippen LogP contribution >= 0.6 is 0 Å². The van der Waals surface area contributed by atoms with Crippen LogP contribution in [-0.4, -0.2) is 18.0 Å². The zero-order valence-corrected chi connectivity index (χ0v) is 12.0. The van der Waals surface area contributed by atoms with Gasteiger partial charge in [0.15, 0.2) is 0 Å². The molecule has 1 heterocycles. The van der Waals surface area contributed by atoms with Crippen molar-refractivity contribution in [1.82, 2.24) is 4.90 Å². The summed E-state index contributed by atoms with van der Waals surface area (Å²) in [7, 11) is 0. The maximum Gasteiger partial charge on any atom is 0.0348 e. The molecule has 18 heavy (non-hydrogen) atoms. The summed E-state index contributed by atoms with van der Waals surface area (Å²) < 4.78 is 0. The molecule has 0 N–H and O–H groups in total. The third kappa shape index (κ3) is 3.58. The van der Waals surface area contributed by atoms with Crippen LogP contribution in [0.1, 0.15) is 62.6 Å². The summed E-state index contributed by atoms with van der Waals surface area (Å²) in [5.41, 5.74) is 2.89. The molecule has 100 valence electrons. The van der Waals surface area contributed by atoms with Crippen LogP contribution in [0.5, 0.6) is 0 Å². The van der Waals surface area contributed by atoms with Gasteiger partial charge in [-0.2, -0.15) is 0 Å². The van der Waals surface area contributed by atoms with Crippen LogP contribution in [-0.2, 0) is 0 Å². The molecule has 0 radical (unpaired) electrons. The van der Waals surface area contributed by atoms with Crippen molar-refractivity contribution in [1.29, 1.82) is 0 Å². The molecule has 0 saturated carbocycles. The van der Waals surface area contributed by atoms with Crippen molar-refractivity contribution in [2.24, 2.45) is 0 Å². The van der Waals surface area contributed by atoms with E-state index in [0.29, 0.717) is 6.04 Å². The molecule has 0 bridgehead atoms. The molecular weight excluding hydrogens is 218 g/mol. The molecule has 1 aromatic rings. The van der Waals surface area contributed by atoms with E-state index in [4.69, 9.17) is 0 Å². The van der Waals surface area contributed by atoms with Gasteiger partial charge in [0, 0.05) is 6.04 Å². The number of piperidine rings is 1. The predicted molar refractivity (Wildman–Crippen MR) is 78.9 cm³/mol. The van der Waals surface area contributed by atoms with Gasteiger partial charge in [-0.15, -0.1) is 0 Å². The van der Waals surface area contributed by atoms with Crippen molar-refractivity contribution in [3.05, 3.63) is 35.4 Å². The second-order valence-electron chi connectivity index (χ2n) is 5.67. The quantitative estimate of drug-likeness (QED) is 0.726. The Kier molecular flexibility index (Phi) is 5.25. The number of nitrogens with zero attached hydrogens (tertiary/aromatic N) is 1. The highest BCUT2D eigenvalue weighted by Crippen LogP contribution is 2.29. The highest BCUT2D eigenvalue weighted by molar-refractivity contribution is 5.24. The molecule has 1 fully saturated rings. The molecule has 1 atom stereocenters. The van der Waals surface area contributed by atoms with Gasteiger partial charge in [0.05, 0.1) is 0 Å². The zero-order chi connectivity index (χ0) is 12.8. The van der Waals surface area contributed by atoms with Gasteiger partial charge in [0.2, 0.25) is 0 Å². The van der Waals surface area contributed by atoms with Crippen molar-refractivity contribution < 1.29 is 0 Å². The van der Waals surface area contributed by atoms with Gasteiger partial charge < -0.3 is 0 Å². The van der Waals surface area contributed by atoms with Crippen LogP contribution in [0.2, 0.25) is 0 Å². The van der Waals surface area contributed by atoms with Crippen molar-refractivity contribution >= 4 is 0 Å². The minimum atomic E-state index is 0.658. The molecule has 2 rings (SSSR count). The lowest BCUT2D eigenvalue weighted by molar-refractivity contribution is 0.153. The predicted octanol–water partition coefficient (Wildman–Crippen LogP) is 4.71. The van der Waals surface area contributed by atoms with E-state index in [1.54, 1.807) is 0 Å². The molecule has 0 amide bonds. The largest absolute Gasteiger partial charge is 0.296 e. The molecule has 0 aliphatic carbocycles. The summed E-state index contributed by atoms with van der Waals surface area (Å²) in [5.74, 6) is 0. The summed E-state index contributed by atoms with van der Waals surface area (Å²) in [4.78, 5) is 2.71. The molecule has 1 aromatic carbocycles. The number of hydrogen-bond acceptors (Lipinski definition) is 1. The van der Waals surface area contributed by atoms with Gasteiger partial charge in [-0.05, 0) is 44.8 Å². The lowest BCUT2D eigenvalue weighted by atomic mass is 9.96. The maximum absolute atomic E-state index is 2.71. The summed E-state index contributed by atoms with van der Waals surface area (Å²) in [6.07, 6.45) is 8.15. The Morgan fingerprint density at radius 1 is 1.06 bits per heavy atom. The molecule has 1 heteroatoms. The van der Waals surface area contributed by atoms with E-state index in [9.17, 15) is 0 Å². The third-order valence-electron chi connectivity index (χ3n) is 4.12. The molecular formula is C17H27N. The summed E-state index contributed by atoms with van der Waals surface area (Å²) in [5, 5.41) is 0. The fraction of sp³-hybridized carbons (Fsp3) is 0.647. The average molecular weight is 245 g/mol.